The molecule has 0 spiro atoms. The van der Waals surface area contributed by atoms with Crippen LogP contribution >= 0.6 is 11.6 Å². The highest BCUT2D eigenvalue weighted by Crippen LogP contribution is 2.23. The lowest BCUT2D eigenvalue weighted by Crippen LogP contribution is -2.45. The fourth-order valence-electron chi connectivity index (χ4n) is 1.67. The van der Waals surface area contributed by atoms with Crippen molar-refractivity contribution in [2.24, 2.45) is 0 Å². The Morgan fingerprint density at radius 3 is 2.77 bits per heavy atom. The summed E-state index contributed by atoms with van der Waals surface area (Å²) in [5.74, 6) is 0.0651. The van der Waals surface area contributed by atoms with Gasteiger partial charge >= 0.3 is 0 Å². The summed E-state index contributed by atoms with van der Waals surface area (Å²) in [6.45, 7) is 3.22. The highest BCUT2D eigenvalue weighted by Gasteiger charge is 2.27. The van der Waals surface area contributed by atoms with Crippen LogP contribution in [-0.2, 0) is 11.3 Å². The summed E-state index contributed by atoms with van der Waals surface area (Å²) in [6.07, 6.45) is 0. The van der Waals surface area contributed by atoms with Crippen molar-refractivity contribution in [1.29, 1.82) is 5.26 Å². The van der Waals surface area contributed by atoms with Gasteiger partial charge in [-0.25, -0.2) is 0 Å². The Kier molecular flexibility index (Phi) is 4.43. The maximum Gasteiger partial charge on any atom is 0.247 e. The number of aromatic nitrogens is 4. The van der Waals surface area contributed by atoms with Gasteiger partial charge in [-0.1, -0.05) is 23.7 Å². The summed E-state index contributed by atoms with van der Waals surface area (Å²) in [5, 5.41) is 21.5. The minimum atomic E-state index is -0.900. The van der Waals surface area contributed by atoms with Gasteiger partial charge in [0.1, 0.15) is 12.1 Å². The average Bonchev–Trinajstić information content (AvgIpc) is 2.95. The highest BCUT2D eigenvalue weighted by atomic mass is 35.5. The summed E-state index contributed by atoms with van der Waals surface area (Å²) >= 11 is 6.07. The molecule has 7 nitrogen and oxygen atoms in total. The quantitative estimate of drug-likeness (QED) is 0.857. The summed E-state index contributed by atoms with van der Waals surface area (Å²) in [4.78, 5) is 14.7. The second-order valence-corrected chi connectivity index (χ2v) is 5.65. The number of likely N-dealkylation sites (N-methyl/N-ethyl adjacent to an activating group) is 1. The molecule has 2 aromatic rings. The third kappa shape index (κ3) is 3.23. The molecule has 1 aromatic heterocycles. The van der Waals surface area contributed by atoms with Crippen LogP contribution in [0.25, 0.3) is 11.4 Å². The lowest BCUT2D eigenvalue weighted by atomic mass is 10.1. The first kappa shape index (κ1) is 15.9. The zero-order valence-electron chi connectivity index (χ0n) is 12.5. The van der Waals surface area contributed by atoms with Crippen molar-refractivity contribution in [1.82, 2.24) is 25.1 Å². The van der Waals surface area contributed by atoms with Crippen LogP contribution in [0.2, 0.25) is 5.02 Å². The van der Waals surface area contributed by atoms with Crippen molar-refractivity contribution in [2.75, 3.05) is 7.05 Å². The Balaban J connectivity index is 2.15. The molecule has 22 heavy (non-hydrogen) atoms. The average molecular weight is 319 g/mol. The number of amides is 1. The minimum absolute atomic E-state index is 0.0982. The molecule has 0 bridgehead atoms. The summed E-state index contributed by atoms with van der Waals surface area (Å²) in [6, 6.07) is 9.19. The lowest BCUT2D eigenvalue weighted by molar-refractivity contribution is -0.134. The molecule has 1 heterocycles. The van der Waals surface area contributed by atoms with Crippen LogP contribution in [0.5, 0.6) is 0 Å². The van der Waals surface area contributed by atoms with E-state index >= 15 is 0 Å². The number of halogens is 1. The van der Waals surface area contributed by atoms with E-state index in [1.165, 1.54) is 9.70 Å². The van der Waals surface area contributed by atoms with E-state index in [1.807, 2.05) is 6.07 Å². The Labute approximate surface area is 133 Å². The number of tetrazole rings is 1. The molecule has 0 N–H and O–H groups in total. The summed E-state index contributed by atoms with van der Waals surface area (Å²) in [5.41, 5.74) is -0.253. The Morgan fingerprint density at radius 2 is 2.14 bits per heavy atom. The molecule has 0 unspecified atom stereocenters. The van der Waals surface area contributed by atoms with Gasteiger partial charge in [-0.05, 0) is 31.2 Å². The third-order valence-corrected chi connectivity index (χ3v) is 3.66. The number of rotatable bonds is 4. The second kappa shape index (κ2) is 6.12. The highest BCUT2D eigenvalue weighted by molar-refractivity contribution is 6.33. The molecule has 0 radical (unpaired) electrons. The van der Waals surface area contributed by atoms with E-state index < -0.39 is 5.54 Å². The van der Waals surface area contributed by atoms with Crippen molar-refractivity contribution < 1.29 is 4.79 Å². The molecule has 0 aliphatic heterocycles. The van der Waals surface area contributed by atoms with Gasteiger partial charge < -0.3 is 4.90 Å². The number of hydrogen-bond donors (Lipinski definition) is 0. The first-order chi connectivity index (χ1) is 10.3. The molecule has 0 saturated heterocycles. The predicted octanol–water partition coefficient (Wildman–Crippen LogP) is 1.75. The Bertz CT molecular complexity index is 733. The van der Waals surface area contributed by atoms with E-state index in [4.69, 9.17) is 16.9 Å². The van der Waals surface area contributed by atoms with E-state index in [2.05, 4.69) is 21.5 Å². The van der Waals surface area contributed by atoms with Gasteiger partial charge in [0.25, 0.3) is 0 Å². The molecule has 0 aliphatic rings. The van der Waals surface area contributed by atoms with Crippen LogP contribution in [0.3, 0.4) is 0 Å². The van der Waals surface area contributed by atoms with Gasteiger partial charge in [0, 0.05) is 12.6 Å². The van der Waals surface area contributed by atoms with Crippen LogP contribution in [0, 0.1) is 11.3 Å². The fourth-order valence-corrected chi connectivity index (χ4v) is 1.89. The maximum absolute atomic E-state index is 12.2. The number of benzene rings is 1. The molecule has 1 amide bonds. The van der Waals surface area contributed by atoms with Crippen LogP contribution in [0.1, 0.15) is 13.8 Å². The number of nitrogens with zero attached hydrogens (tertiary/aromatic N) is 6. The van der Waals surface area contributed by atoms with E-state index in [-0.39, 0.29) is 12.5 Å². The first-order valence-electron chi connectivity index (χ1n) is 6.56. The normalized spacial score (nSPS) is 11.0. The van der Waals surface area contributed by atoms with Crippen LogP contribution < -0.4 is 0 Å². The molecular formula is C14H15ClN6O. The molecule has 2 rings (SSSR count). The Hall–Kier alpha value is -2.46. The van der Waals surface area contributed by atoms with Crippen LogP contribution in [-0.4, -0.2) is 43.6 Å². The lowest BCUT2D eigenvalue weighted by Gasteiger charge is -2.28. The van der Waals surface area contributed by atoms with E-state index in [0.717, 1.165) is 0 Å². The monoisotopic (exact) mass is 318 g/mol. The van der Waals surface area contributed by atoms with Crippen molar-refractivity contribution in [3.63, 3.8) is 0 Å². The number of hydrogen-bond acceptors (Lipinski definition) is 5. The van der Waals surface area contributed by atoms with Gasteiger partial charge in [0.2, 0.25) is 11.7 Å². The van der Waals surface area contributed by atoms with Gasteiger partial charge in [-0.2, -0.15) is 10.1 Å². The summed E-state index contributed by atoms with van der Waals surface area (Å²) in [7, 11) is 1.57. The molecule has 0 atom stereocenters. The molecule has 114 valence electrons. The van der Waals surface area contributed by atoms with Crippen molar-refractivity contribution in [3.8, 4) is 17.5 Å². The topological polar surface area (TPSA) is 87.7 Å². The maximum atomic E-state index is 12.2. The number of nitriles is 1. The zero-order chi connectivity index (χ0) is 16.3. The second-order valence-electron chi connectivity index (χ2n) is 5.25. The van der Waals surface area contributed by atoms with Crippen molar-refractivity contribution >= 4 is 17.5 Å². The van der Waals surface area contributed by atoms with Crippen LogP contribution in [0.15, 0.2) is 24.3 Å². The first-order valence-corrected chi connectivity index (χ1v) is 6.93. The smallest absolute Gasteiger partial charge is 0.247 e. The van der Waals surface area contributed by atoms with Gasteiger partial charge in [0.15, 0.2) is 0 Å². The van der Waals surface area contributed by atoms with Crippen molar-refractivity contribution in [3.05, 3.63) is 29.3 Å². The van der Waals surface area contributed by atoms with Gasteiger partial charge in [-0.15, -0.1) is 10.2 Å². The van der Waals surface area contributed by atoms with E-state index in [0.29, 0.717) is 16.4 Å². The Morgan fingerprint density at radius 1 is 1.45 bits per heavy atom. The van der Waals surface area contributed by atoms with Crippen LogP contribution in [0.4, 0.5) is 0 Å². The predicted molar refractivity (Wildman–Crippen MR) is 80.7 cm³/mol. The fraction of sp³-hybridized carbons (Fsp3) is 0.357. The van der Waals surface area contributed by atoms with Gasteiger partial charge in [0.05, 0.1) is 11.1 Å². The molecule has 0 saturated carbocycles. The van der Waals surface area contributed by atoms with Gasteiger partial charge in [-0.3, -0.25) is 4.79 Å². The standard InChI is InChI=1S/C14H15ClN6O/c1-14(2,9-16)20(3)12(22)8-21-18-13(17-19-21)10-6-4-5-7-11(10)15/h4-7H,8H2,1-3H3. The number of carbonyl (C=O) groups is 1. The SMILES string of the molecule is CN(C(=O)Cn1nnc(-c2ccccc2Cl)n1)C(C)(C)C#N. The molecular weight excluding hydrogens is 304 g/mol. The third-order valence-electron chi connectivity index (χ3n) is 3.33. The van der Waals surface area contributed by atoms with E-state index in [1.54, 1.807) is 39.1 Å². The summed E-state index contributed by atoms with van der Waals surface area (Å²) < 4.78 is 0. The van der Waals surface area contributed by atoms with Crippen molar-refractivity contribution in [2.45, 2.75) is 25.9 Å². The minimum Gasteiger partial charge on any atom is -0.326 e. The van der Waals surface area contributed by atoms with E-state index in [9.17, 15) is 4.79 Å². The molecule has 8 heteroatoms. The molecule has 0 aliphatic carbocycles. The number of carbonyl (C=O) groups excluding carboxylic acids is 1. The molecule has 0 fully saturated rings. The molecule has 1 aromatic carbocycles. The largest absolute Gasteiger partial charge is 0.326 e. The zero-order valence-corrected chi connectivity index (χ0v) is 13.2.